The number of nitrogens with zero attached hydrogens (tertiary/aromatic N) is 6. The molecule has 176 valence electrons. The highest BCUT2D eigenvalue weighted by Crippen LogP contribution is 2.40. The minimum atomic E-state index is -3.07. The number of pyridine rings is 1. The fourth-order valence-corrected chi connectivity index (χ4v) is 4.40. The highest BCUT2D eigenvalue weighted by molar-refractivity contribution is 5.56. The van der Waals surface area contributed by atoms with Gasteiger partial charge in [-0.15, -0.1) is 5.10 Å². The molecule has 0 bridgehead atoms. The van der Waals surface area contributed by atoms with Gasteiger partial charge in [-0.2, -0.15) is 0 Å². The first kappa shape index (κ1) is 22.1. The fraction of sp³-hybridized carbons (Fsp3) is 0.333. The highest BCUT2D eigenvalue weighted by atomic mass is 19.3. The first-order chi connectivity index (χ1) is 16.2. The number of aryl methyl sites for hydroxylation is 1. The Kier molecular flexibility index (Phi) is 5.38. The van der Waals surface area contributed by atoms with Crippen molar-refractivity contribution in [2.45, 2.75) is 44.8 Å². The number of ether oxygens (including phenoxy) is 1. The molecule has 34 heavy (non-hydrogen) atoms. The van der Waals surface area contributed by atoms with Crippen molar-refractivity contribution >= 4 is 0 Å². The van der Waals surface area contributed by atoms with Crippen LogP contribution < -0.4 is 4.74 Å². The summed E-state index contributed by atoms with van der Waals surface area (Å²) in [5.74, 6) is -2.65. The molecule has 0 radical (unpaired) electrons. The van der Waals surface area contributed by atoms with Crippen LogP contribution in [-0.4, -0.2) is 42.6 Å². The van der Waals surface area contributed by atoms with E-state index < -0.39 is 18.0 Å². The SMILES string of the molecule is COc1nc(-c2nc3n(n2)C[C@@H](F)C[C@H]3c2ccccc2C(C)(F)F)ccc1-n1cnc(C)c1. The van der Waals surface area contributed by atoms with Gasteiger partial charge in [-0.1, -0.05) is 24.3 Å². The Morgan fingerprint density at radius 3 is 2.62 bits per heavy atom. The topological polar surface area (TPSA) is 70.7 Å². The number of hydrogen-bond acceptors (Lipinski definition) is 5. The summed E-state index contributed by atoms with van der Waals surface area (Å²) in [6.45, 7) is 2.73. The fourth-order valence-electron chi connectivity index (χ4n) is 4.40. The van der Waals surface area contributed by atoms with E-state index in [1.807, 2.05) is 19.2 Å². The predicted molar refractivity (Wildman–Crippen MR) is 119 cm³/mol. The second-order valence-electron chi connectivity index (χ2n) is 8.48. The molecule has 0 spiro atoms. The Labute approximate surface area is 194 Å². The molecular weight excluding hydrogens is 445 g/mol. The molecule has 10 heteroatoms. The molecule has 1 aliphatic heterocycles. The van der Waals surface area contributed by atoms with Gasteiger partial charge in [-0.25, -0.2) is 32.8 Å². The average Bonchev–Trinajstić information content (AvgIpc) is 3.43. The number of benzene rings is 1. The van der Waals surface area contributed by atoms with Gasteiger partial charge in [0.15, 0.2) is 5.82 Å². The molecule has 0 unspecified atom stereocenters. The van der Waals surface area contributed by atoms with E-state index in [1.165, 1.54) is 17.9 Å². The summed E-state index contributed by atoms with van der Waals surface area (Å²) in [4.78, 5) is 13.4. The molecule has 2 atom stereocenters. The quantitative estimate of drug-likeness (QED) is 0.420. The van der Waals surface area contributed by atoms with E-state index in [0.29, 0.717) is 28.6 Å². The van der Waals surface area contributed by atoms with E-state index in [1.54, 1.807) is 35.2 Å². The summed E-state index contributed by atoms with van der Waals surface area (Å²) in [5.41, 5.74) is 2.19. The molecule has 0 amide bonds. The maximum Gasteiger partial charge on any atom is 0.270 e. The van der Waals surface area contributed by atoms with Crippen LogP contribution in [-0.2, 0) is 12.5 Å². The van der Waals surface area contributed by atoms with Crippen molar-refractivity contribution in [1.82, 2.24) is 29.3 Å². The van der Waals surface area contributed by atoms with Gasteiger partial charge in [0.2, 0.25) is 5.88 Å². The van der Waals surface area contributed by atoms with Crippen LogP contribution in [0.2, 0.25) is 0 Å². The first-order valence-electron chi connectivity index (χ1n) is 10.9. The number of aromatic nitrogens is 6. The van der Waals surface area contributed by atoms with Gasteiger partial charge in [-0.3, -0.25) is 0 Å². The Hall–Kier alpha value is -3.69. The molecule has 0 fully saturated rings. The third-order valence-electron chi connectivity index (χ3n) is 5.94. The molecule has 3 aromatic heterocycles. The van der Waals surface area contributed by atoms with Crippen LogP contribution in [0.3, 0.4) is 0 Å². The van der Waals surface area contributed by atoms with Gasteiger partial charge in [0.1, 0.15) is 23.4 Å². The monoisotopic (exact) mass is 468 g/mol. The standard InChI is InChI=1S/C24H23F3N6O/c1-14-11-32(13-28-14)20-9-8-19(29-23(20)34-3)21-30-22-17(10-15(25)12-33(22)31-21)16-6-4-5-7-18(16)24(2,26)27/h4-9,11,13,15,17H,10,12H2,1-3H3/t15-,17-/m0/s1. The number of fused-ring (bicyclic) bond motifs is 1. The number of methoxy groups -OCH3 is 1. The van der Waals surface area contributed by atoms with E-state index in [4.69, 9.17) is 4.74 Å². The van der Waals surface area contributed by atoms with Crippen molar-refractivity contribution in [3.63, 3.8) is 0 Å². The molecule has 0 N–H and O–H groups in total. The third-order valence-corrected chi connectivity index (χ3v) is 5.94. The number of halogens is 3. The number of rotatable bonds is 5. The average molecular weight is 468 g/mol. The van der Waals surface area contributed by atoms with E-state index in [0.717, 1.165) is 12.6 Å². The van der Waals surface area contributed by atoms with Crippen molar-refractivity contribution in [2.75, 3.05) is 7.11 Å². The lowest BCUT2D eigenvalue weighted by molar-refractivity contribution is 0.0160. The third kappa shape index (κ3) is 3.93. The van der Waals surface area contributed by atoms with Gasteiger partial charge >= 0.3 is 0 Å². The van der Waals surface area contributed by atoms with E-state index in [9.17, 15) is 13.2 Å². The summed E-state index contributed by atoms with van der Waals surface area (Å²) in [6, 6.07) is 9.77. The molecule has 0 aliphatic carbocycles. The number of imidazole rings is 1. The lowest BCUT2D eigenvalue weighted by Gasteiger charge is -2.28. The maximum atomic E-state index is 14.7. The van der Waals surface area contributed by atoms with Crippen LogP contribution in [0.25, 0.3) is 17.2 Å². The molecule has 0 saturated carbocycles. The van der Waals surface area contributed by atoms with Crippen LogP contribution >= 0.6 is 0 Å². The Bertz CT molecular complexity index is 1340. The predicted octanol–water partition coefficient (Wildman–Crippen LogP) is 4.83. The maximum absolute atomic E-state index is 14.7. The molecular formula is C24H23F3N6O. The van der Waals surface area contributed by atoms with Gasteiger partial charge in [0.25, 0.3) is 5.92 Å². The van der Waals surface area contributed by atoms with Gasteiger partial charge in [-0.05, 0) is 31.0 Å². The van der Waals surface area contributed by atoms with Crippen molar-refractivity contribution < 1.29 is 17.9 Å². The minimum absolute atomic E-state index is 0.00699. The molecule has 4 heterocycles. The zero-order valence-corrected chi connectivity index (χ0v) is 18.9. The van der Waals surface area contributed by atoms with Crippen LogP contribution in [0.5, 0.6) is 5.88 Å². The highest BCUT2D eigenvalue weighted by Gasteiger charge is 2.37. The van der Waals surface area contributed by atoms with Crippen molar-refractivity contribution in [3.05, 3.63) is 71.6 Å². The zero-order chi connectivity index (χ0) is 24.0. The largest absolute Gasteiger partial charge is 0.479 e. The molecule has 1 aromatic carbocycles. The summed E-state index contributed by atoms with van der Waals surface area (Å²) in [7, 11) is 1.51. The number of hydrogen-bond donors (Lipinski definition) is 0. The molecule has 0 saturated heterocycles. The normalized spacial score (nSPS) is 18.1. The summed E-state index contributed by atoms with van der Waals surface area (Å²) >= 11 is 0. The second kappa shape index (κ2) is 8.27. The summed E-state index contributed by atoms with van der Waals surface area (Å²) in [5, 5.41) is 4.46. The Morgan fingerprint density at radius 2 is 1.91 bits per heavy atom. The number of alkyl halides is 3. The molecule has 7 nitrogen and oxygen atoms in total. The van der Waals surface area contributed by atoms with Crippen LogP contribution in [0.4, 0.5) is 13.2 Å². The van der Waals surface area contributed by atoms with Gasteiger partial charge in [0, 0.05) is 24.6 Å². The van der Waals surface area contributed by atoms with E-state index >= 15 is 0 Å². The molecule has 1 aliphatic rings. The molecule has 4 aromatic rings. The van der Waals surface area contributed by atoms with Crippen LogP contribution in [0, 0.1) is 6.92 Å². The van der Waals surface area contributed by atoms with Gasteiger partial charge in [0.05, 0.1) is 25.7 Å². The summed E-state index contributed by atoms with van der Waals surface area (Å²) in [6.07, 6.45) is 2.33. The Balaban J connectivity index is 1.57. The zero-order valence-electron chi connectivity index (χ0n) is 18.9. The van der Waals surface area contributed by atoms with Crippen LogP contribution in [0.15, 0.2) is 48.9 Å². The van der Waals surface area contributed by atoms with Crippen molar-refractivity contribution in [3.8, 4) is 23.1 Å². The van der Waals surface area contributed by atoms with Crippen LogP contribution in [0.1, 0.15) is 41.9 Å². The second-order valence-corrected chi connectivity index (χ2v) is 8.48. The van der Waals surface area contributed by atoms with E-state index in [-0.39, 0.29) is 24.4 Å². The minimum Gasteiger partial charge on any atom is -0.479 e. The van der Waals surface area contributed by atoms with Crippen molar-refractivity contribution in [2.24, 2.45) is 0 Å². The van der Waals surface area contributed by atoms with Gasteiger partial charge < -0.3 is 9.30 Å². The lowest BCUT2D eigenvalue weighted by atomic mass is 9.86. The summed E-state index contributed by atoms with van der Waals surface area (Å²) < 4.78 is 52.0. The lowest BCUT2D eigenvalue weighted by Crippen LogP contribution is -2.28. The van der Waals surface area contributed by atoms with Crippen molar-refractivity contribution in [1.29, 1.82) is 0 Å². The molecule has 5 rings (SSSR count). The van der Waals surface area contributed by atoms with E-state index in [2.05, 4.69) is 20.1 Å². The first-order valence-corrected chi connectivity index (χ1v) is 10.9. The smallest absolute Gasteiger partial charge is 0.270 e. The Morgan fingerprint density at radius 1 is 1.12 bits per heavy atom.